The maximum atomic E-state index is 14.0. The van der Waals surface area contributed by atoms with Crippen molar-refractivity contribution in [3.05, 3.63) is 25.3 Å². The summed E-state index contributed by atoms with van der Waals surface area (Å²) in [6.07, 6.45) is 4.76. The minimum atomic E-state index is -1.42. The Balaban J connectivity index is 0.000000351. The van der Waals surface area contributed by atoms with Gasteiger partial charge in [-0.25, -0.2) is 14.4 Å². The number of ether oxygens (including phenoxy) is 2. The van der Waals surface area contributed by atoms with Gasteiger partial charge in [-0.2, -0.15) is 0 Å². The van der Waals surface area contributed by atoms with Crippen molar-refractivity contribution in [3.63, 3.8) is 0 Å². The number of aliphatic hydroxyl groups excluding tert-OH is 2. The highest BCUT2D eigenvalue weighted by molar-refractivity contribution is 5.94. The van der Waals surface area contributed by atoms with Crippen molar-refractivity contribution in [3.8, 4) is 0 Å². The second kappa shape index (κ2) is 26.5. The first-order chi connectivity index (χ1) is 36.1. The molecule has 0 aromatic rings. The standard InChI is InChI=1S/C29H48N4O6.C19H32N2O5.C10H18N2O2.ClH/c1-10-13-30-24(36)21(34)18(14-16-11-12-16)31-23(35)20-19-17(29(19,8)9)15-33(20)25(37)22(27(2,3)4)32-26(38)39-28(5,6)7;1-17(2,3)13(20-16(25)26-18(4,5)6)14(22)21-9-10-11(19(10,7)8)12(21)15(23)24;1-2-5-12-10(14)9(13)8(11)6-7-3-4-7;/h10,16-22,34H,1,11-15H2,2-9H3,(H,30,36)(H,31,35)(H,32,38);10-13H,9H2,1-8H3,(H,20,25)(H,23,24);2,7-9,13H,1,3-6,11H2,(H,12,14);1H/t17-,18?,19-,20-,21?,22+;10-,11-,12-,13+;;/m00../s1. The number of amides is 7. The van der Waals surface area contributed by atoms with Crippen molar-refractivity contribution in [2.24, 2.45) is 62.9 Å². The first-order valence-corrected chi connectivity index (χ1v) is 28.1. The van der Waals surface area contributed by atoms with Crippen LogP contribution in [0.3, 0.4) is 0 Å². The van der Waals surface area contributed by atoms with Crippen LogP contribution in [0, 0.1) is 57.2 Å². The SMILES string of the molecule is C=CCNC(=O)C(O)C(CC1CC1)NC(=O)[C@@H]1[C@@H]2[C@H](CN1C(=O)[C@@H](NC(=O)OC(C)(C)C)C(C)(C)C)C2(C)C.C=CCNC(=O)C(O)C(N)CC1CC1.CC(C)(C)OC(=O)N[C@H](C(=O)N1C[C@H]2[C@@H]([C@H]1C(=O)O)C2(C)C)C(C)(C)C.Cl. The van der Waals surface area contributed by atoms with Gasteiger partial charge < -0.3 is 66.9 Å². The highest BCUT2D eigenvalue weighted by atomic mass is 35.5. The summed E-state index contributed by atoms with van der Waals surface area (Å²) in [5.41, 5.74) is 2.87. The van der Waals surface area contributed by atoms with Crippen molar-refractivity contribution in [1.82, 2.24) is 36.4 Å². The fourth-order valence-electron chi connectivity index (χ4n) is 11.1. The number of carbonyl (C=O) groups is 8. The maximum absolute atomic E-state index is 14.0. The van der Waals surface area contributed by atoms with E-state index in [9.17, 15) is 53.7 Å². The number of likely N-dealkylation sites (tertiary alicyclic amines) is 2. The zero-order valence-electron chi connectivity index (χ0n) is 50.5. The van der Waals surface area contributed by atoms with Gasteiger partial charge in [-0.1, -0.05) is 107 Å². The summed E-state index contributed by atoms with van der Waals surface area (Å²) in [7, 11) is 0. The monoisotopic (exact) mass is 1150 g/mol. The lowest BCUT2D eigenvalue weighted by Crippen LogP contribution is -2.61. The van der Waals surface area contributed by atoms with Crippen LogP contribution < -0.4 is 32.3 Å². The number of alkyl carbamates (subject to hydrolysis) is 2. The first kappa shape index (κ1) is 69.3. The molecule has 0 bridgehead atoms. The van der Waals surface area contributed by atoms with Gasteiger partial charge in [0.15, 0.2) is 6.10 Å². The summed E-state index contributed by atoms with van der Waals surface area (Å²) in [6.45, 7) is 38.3. The Hall–Kier alpha value is -4.99. The van der Waals surface area contributed by atoms with E-state index in [1.54, 1.807) is 52.5 Å². The molecule has 2 heterocycles. The Morgan fingerprint density at radius 3 is 1.32 bits per heavy atom. The third-order valence-corrected chi connectivity index (χ3v) is 16.1. The van der Waals surface area contributed by atoms with Crippen molar-refractivity contribution in [1.29, 1.82) is 0 Å². The minimum absolute atomic E-state index is 0. The lowest BCUT2D eigenvalue weighted by atomic mass is 9.85. The van der Waals surface area contributed by atoms with Gasteiger partial charge >= 0.3 is 18.2 Å². The van der Waals surface area contributed by atoms with Gasteiger partial charge in [0.25, 0.3) is 11.8 Å². The van der Waals surface area contributed by atoms with Crippen LogP contribution in [0.4, 0.5) is 9.59 Å². The number of rotatable bonds is 19. The molecule has 6 rings (SSSR count). The van der Waals surface area contributed by atoms with Crippen molar-refractivity contribution >= 4 is 60.1 Å². The number of nitrogens with one attached hydrogen (secondary N) is 5. The fraction of sp³-hybridized carbons (Fsp3) is 0.793. The second-order valence-corrected chi connectivity index (χ2v) is 28.1. The Morgan fingerprint density at radius 2 is 0.975 bits per heavy atom. The summed E-state index contributed by atoms with van der Waals surface area (Å²) >= 11 is 0. The lowest BCUT2D eigenvalue weighted by molar-refractivity contribution is -0.152. The summed E-state index contributed by atoms with van der Waals surface area (Å²) in [6, 6.07) is -4.60. The van der Waals surface area contributed by atoms with E-state index < -0.39 is 100 Å². The number of nitrogens with two attached hydrogens (primary N) is 1. The van der Waals surface area contributed by atoms with E-state index in [2.05, 4.69) is 53.6 Å². The number of aliphatic carboxylic acids is 1. The molecule has 10 N–H and O–H groups in total. The molecule has 12 atom stereocenters. The number of carboxylic acids is 1. The number of carbonyl (C=O) groups excluding carboxylic acids is 7. The third-order valence-electron chi connectivity index (χ3n) is 16.1. The maximum Gasteiger partial charge on any atom is 0.408 e. The van der Waals surface area contributed by atoms with E-state index in [1.807, 2.05) is 55.4 Å². The normalized spacial score (nSPS) is 25.3. The van der Waals surface area contributed by atoms with Gasteiger partial charge in [0.1, 0.15) is 41.5 Å². The number of hydrogen-bond acceptors (Lipinski definition) is 13. The molecular weight excluding hydrogens is 1050 g/mol. The first-order valence-electron chi connectivity index (χ1n) is 28.1. The molecule has 22 heteroatoms. The van der Waals surface area contributed by atoms with Crippen LogP contribution in [0.15, 0.2) is 25.3 Å². The Kier molecular flexibility index (Phi) is 22.9. The molecular formula is C58H99ClN8O13. The number of piperidine rings is 2. The van der Waals surface area contributed by atoms with E-state index >= 15 is 0 Å². The van der Waals surface area contributed by atoms with Crippen LogP contribution in [-0.4, -0.2) is 159 Å². The molecule has 21 nitrogen and oxygen atoms in total. The molecule has 6 fully saturated rings. The molecule has 2 aliphatic heterocycles. The van der Waals surface area contributed by atoms with Crippen LogP contribution >= 0.6 is 12.4 Å². The molecule has 7 amide bonds. The minimum Gasteiger partial charge on any atom is -0.480 e. The highest BCUT2D eigenvalue weighted by Gasteiger charge is 2.71. The third kappa shape index (κ3) is 18.5. The van der Waals surface area contributed by atoms with Gasteiger partial charge in [-0.15, -0.1) is 25.6 Å². The van der Waals surface area contributed by atoms with E-state index in [0.29, 0.717) is 37.9 Å². The molecule has 0 aromatic heterocycles. The molecule has 0 spiro atoms. The fourth-order valence-corrected chi connectivity index (χ4v) is 11.1. The van der Waals surface area contributed by atoms with Gasteiger partial charge in [0.2, 0.25) is 17.7 Å². The average Bonchev–Trinajstić information content (AvgIpc) is 4.29. The van der Waals surface area contributed by atoms with Crippen molar-refractivity contribution in [2.75, 3.05) is 26.2 Å². The molecule has 6 aliphatic rings. The number of fused-ring (bicyclic) bond motifs is 2. The number of nitrogens with zero attached hydrogens (tertiary/aromatic N) is 2. The Morgan fingerprint density at radius 1 is 0.613 bits per heavy atom. The predicted molar refractivity (Wildman–Crippen MR) is 306 cm³/mol. The highest BCUT2D eigenvalue weighted by Crippen LogP contribution is 2.66. The van der Waals surface area contributed by atoms with E-state index in [-0.39, 0.29) is 71.2 Å². The predicted octanol–water partition coefficient (Wildman–Crippen LogP) is 5.05. The van der Waals surface area contributed by atoms with E-state index in [1.165, 1.54) is 23.8 Å². The quantitative estimate of drug-likeness (QED) is 0.0766. The second-order valence-electron chi connectivity index (χ2n) is 28.1. The molecule has 4 unspecified atom stereocenters. The summed E-state index contributed by atoms with van der Waals surface area (Å²) in [4.78, 5) is 104. The summed E-state index contributed by atoms with van der Waals surface area (Å²) < 4.78 is 10.7. The van der Waals surface area contributed by atoms with Crippen LogP contribution in [0.5, 0.6) is 0 Å². The largest absolute Gasteiger partial charge is 0.480 e. The van der Waals surface area contributed by atoms with Crippen LogP contribution in [-0.2, 0) is 38.2 Å². The summed E-state index contributed by atoms with van der Waals surface area (Å²) in [5, 5.41) is 43.5. The molecule has 80 heavy (non-hydrogen) atoms. The van der Waals surface area contributed by atoms with Crippen molar-refractivity contribution in [2.45, 2.75) is 209 Å². The average molecular weight is 1150 g/mol. The number of aliphatic hydroxyl groups is 2. The molecule has 456 valence electrons. The Bertz CT molecular complexity index is 2260. The number of halogens is 1. The van der Waals surface area contributed by atoms with E-state index in [0.717, 1.165) is 19.3 Å². The zero-order chi connectivity index (χ0) is 60.3. The molecule has 0 radical (unpaired) electrons. The molecule has 4 saturated carbocycles. The topological polar surface area (TPSA) is 308 Å². The molecule has 0 aromatic carbocycles. The molecule has 2 saturated heterocycles. The molecule has 4 aliphatic carbocycles. The number of carboxylic acid groups (broad SMARTS) is 1. The van der Waals surface area contributed by atoms with Crippen LogP contribution in [0.1, 0.15) is 149 Å². The van der Waals surface area contributed by atoms with Crippen molar-refractivity contribution < 1.29 is 63.1 Å². The lowest BCUT2D eigenvalue weighted by Gasteiger charge is -2.38. The number of hydrogen-bond donors (Lipinski definition) is 9. The summed E-state index contributed by atoms with van der Waals surface area (Å²) in [5.74, 6) is -1.86. The van der Waals surface area contributed by atoms with Gasteiger partial charge in [0.05, 0.1) is 6.04 Å². The van der Waals surface area contributed by atoms with Gasteiger partial charge in [-0.05, 0) is 106 Å². The van der Waals surface area contributed by atoms with Crippen LogP contribution in [0.2, 0.25) is 0 Å². The Labute approximate surface area is 481 Å². The van der Waals surface area contributed by atoms with Gasteiger partial charge in [-0.3, -0.25) is 24.0 Å². The van der Waals surface area contributed by atoms with Crippen LogP contribution in [0.25, 0.3) is 0 Å². The van der Waals surface area contributed by atoms with E-state index in [4.69, 9.17) is 15.2 Å². The van der Waals surface area contributed by atoms with Gasteiger partial charge in [0, 0.05) is 38.1 Å². The zero-order valence-corrected chi connectivity index (χ0v) is 51.3. The smallest absolute Gasteiger partial charge is 0.408 e.